The highest BCUT2D eigenvalue weighted by Crippen LogP contribution is 2.28. The zero-order valence-corrected chi connectivity index (χ0v) is 14.8. The summed E-state index contributed by atoms with van der Waals surface area (Å²) in [5, 5.41) is 5.48. The van der Waals surface area contributed by atoms with Crippen molar-refractivity contribution in [3.8, 4) is 0 Å². The van der Waals surface area contributed by atoms with Gasteiger partial charge in [-0.2, -0.15) is 0 Å². The molecule has 1 heterocycles. The van der Waals surface area contributed by atoms with Gasteiger partial charge in [0.05, 0.1) is 11.3 Å². The third kappa shape index (κ3) is 3.58. The van der Waals surface area contributed by atoms with Crippen molar-refractivity contribution in [3.05, 3.63) is 29.8 Å². The molecule has 0 radical (unpaired) electrons. The van der Waals surface area contributed by atoms with E-state index in [1.165, 1.54) is 4.90 Å². The minimum Gasteiger partial charge on any atom is -0.354 e. The van der Waals surface area contributed by atoms with E-state index in [1.807, 2.05) is 34.6 Å². The second-order valence-electron chi connectivity index (χ2n) is 7.42. The summed E-state index contributed by atoms with van der Waals surface area (Å²) in [7, 11) is 0. The number of nitrogens with one attached hydrogen (secondary N) is 2. The second-order valence-corrected chi connectivity index (χ2v) is 7.42. The minimum atomic E-state index is -1.20. The Balaban J connectivity index is 2.47. The van der Waals surface area contributed by atoms with Crippen molar-refractivity contribution in [1.82, 2.24) is 10.2 Å². The van der Waals surface area contributed by atoms with Crippen LogP contribution >= 0.6 is 0 Å². The van der Waals surface area contributed by atoms with Crippen molar-refractivity contribution in [2.24, 2.45) is 5.92 Å². The molecule has 1 unspecified atom stereocenters. The van der Waals surface area contributed by atoms with Crippen LogP contribution in [-0.2, 0) is 9.59 Å². The average Bonchev–Trinajstić information content (AvgIpc) is 2.59. The van der Waals surface area contributed by atoms with Gasteiger partial charge in [-0.3, -0.25) is 14.4 Å². The number of carbonyl (C=O) groups excluding carboxylic acids is 3. The third-order valence-corrected chi connectivity index (χ3v) is 3.80. The molecule has 1 aliphatic heterocycles. The molecular formula is C18H25N3O3. The minimum absolute atomic E-state index is 0.249. The Kier molecular flexibility index (Phi) is 4.96. The number of hydrogen-bond acceptors (Lipinski definition) is 3. The van der Waals surface area contributed by atoms with Gasteiger partial charge in [-0.1, -0.05) is 26.0 Å². The first-order chi connectivity index (χ1) is 11.1. The molecular weight excluding hydrogens is 306 g/mol. The Hall–Kier alpha value is -2.37. The number of carbonyl (C=O) groups is 3. The Bertz CT molecular complexity index is 662. The van der Waals surface area contributed by atoms with Crippen LogP contribution in [0.4, 0.5) is 5.69 Å². The van der Waals surface area contributed by atoms with Crippen LogP contribution in [0.2, 0.25) is 0 Å². The number of anilines is 1. The highest BCUT2D eigenvalue weighted by atomic mass is 16.2. The van der Waals surface area contributed by atoms with Crippen LogP contribution in [0.3, 0.4) is 0 Å². The molecule has 0 spiro atoms. The van der Waals surface area contributed by atoms with Crippen molar-refractivity contribution < 1.29 is 14.4 Å². The lowest BCUT2D eigenvalue weighted by Crippen LogP contribution is -2.60. The Morgan fingerprint density at radius 3 is 2.46 bits per heavy atom. The molecule has 3 amide bonds. The topological polar surface area (TPSA) is 78.5 Å². The van der Waals surface area contributed by atoms with Gasteiger partial charge in [0.1, 0.15) is 0 Å². The van der Waals surface area contributed by atoms with Crippen molar-refractivity contribution in [1.29, 1.82) is 0 Å². The van der Waals surface area contributed by atoms with Crippen LogP contribution in [0.5, 0.6) is 0 Å². The summed E-state index contributed by atoms with van der Waals surface area (Å²) in [5.74, 6) is -1.04. The number of nitrogens with zero attached hydrogens (tertiary/aromatic N) is 1. The van der Waals surface area contributed by atoms with Crippen molar-refractivity contribution in [2.75, 3.05) is 11.9 Å². The summed E-state index contributed by atoms with van der Waals surface area (Å²) in [6.07, 6.45) is 0. The lowest BCUT2D eigenvalue weighted by atomic mass is 10.00. The molecule has 0 saturated carbocycles. The fourth-order valence-corrected chi connectivity index (χ4v) is 2.67. The molecule has 1 aromatic rings. The molecule has 0 aromatic heterocycles. The van der Waals surface area contributed by atoms with E-state index in [4.69, 9.17) is 0 Å². The molecule has 6 heteroatoms. The van der Waals surface area contributed by atoms with Crippen LogP contribution in [-0.4, -0.2) is 40.7 Å². The smallest absolute Gasteiger partial charge is 0.257 e. The normalized spacial score (nSPS) is 18.1. The maximum absolute atomic E-state index is 13.0. The van der Waals surface area contributed by atoms with Gasteiger partial charge in [0.25, 0.3) is 17.7 Å². The molecule has 1 atom stereocenters. The first-order valence-corrected chi connectivity index (χ1v) is 8.14. The van der Waals surface area contributed by atoms with Crippen molar-refractivity contribution in [3.63, 3.8) is 0 Å². The van der Waals surface area contributed by atoms with E-state index in [0.717, 1.165) is 0 Å². The molecule has 0 aliphatic carbocycles. The molecule has 130 valence electrons. The van der Waals surface area contributed by atoms with E-state index >= 15 is 0 Å². The largest absolute Gasteiger partial charge is 0.354 e. The van der Waals surface area contributed by atoms with E-state index in [0.29, 0.717) is 17.8 Å². The monoisotopic (exact) mass is 331 g/mol. The molecule has 2 rings (SSSR count). The van der Waals surface area contributed by atoms with Gasteiger partial charge in [0.15, 0.2) is 6.04 Å². The lowest BCUT2D eigenvalue weighted by Gasteiger charge is -2.38. The predicted molar refractivity (Wildman–Crippen MR) is 92.6 cm³/mol. The van der Waals surface area contributed by atoms with Gasteiger partial charge in [-0.15, -0.1) is 0 Å². The Morgan fingerprint density at radius 1 is 1.25 bits per heavy atom. The van der Waals surface area contributed by atoms with Crippen LogP contribution in [0, 0.1) is 5.92 Å². The first-order valence-electron chi connectivity index (χ1n) is 8.14. The first kappa shape index (κ1) is 18.0. The number of rotatable bonds is 3. The molecule has 1 aliphatic rings. The quantitative estimate of drug-likeness (QED) is 0.832. The van der Waals surface area contributed by atoms with Crippen LogP contribution in [0.25, 0.3) is 0 Å². The van der Waals surface area contributed by atoms with E-state index < -0.39 is 23.4 Å². The van der Waals surface area contributed by atoms with E-state index in [1.54, 1.807) is 24.3 Å². The van der Waals surface area contributed by atoms with Crippen molar-refractivity contribution >= 4 is 23.4 Å². The van der Waals surface area contributed by atoms with E-state index in [-0.39, 0.29) is 11.8 Å². The van der Waals surface area contributed by atoms with Crippen LogP contribution in [0.15, 0.2) is 24.3 Å². The highest BCUT2D eigenvalue weighted by molar-refractivity contribution is 6.18. The number of para-hydroxylation sites is 1. The lowest BCUT2D eigenvalue weighted by molar-refractivity contribution is -0.135. The Labute approximate surface area is 142 Å². The van der Waals surface area contributed by atoms with Crippen molar-refractivity contribution in [2.45, 2.75) is 46.2 Å². The molecule has 2 N–H and O–H groups in total. The molecule has 0 bridgehead atoms. The van der Waals surface area contributed by atoms with E-state index in [2.05, 4.69) is 10.6 Å². The molecule has 6 nitrogen and oxygen atoms in total. The standard InChI is InChI=1S/C18H25N3O3/c1-11(2)10-19-15(22)14-16(23)20-13-9-7-6-8-12(13)17(24)21(14)18(3,4)5/h6-9,11,14H,10H2,1-5H3,(H,19,22)(H,20,23). The number of fused-ring (bicyclic) bond motifs is 1. The maximum atomic E-state index is 13.0. The molecule has 0 fully saturated rings. The van der Waals surface area contributed by atoms with Gasteiger partial charge < -0.3 is 15.5 Å². The fourth-order valence-electron chi connectivity index (χ4n) is 2.67. The van der Waals surface area contributed by atoms with Gasteiger partial charge in [0, 0.05) is 12.1 Å². The molecule has 24 heavy (non-hydrogen) atoms. The average molecular weight is 331 g/mol. The summed E-state index contributed by atoms with van der Waals surface area (Å²) < 4.78 is 0. The van der Waals surface area contributed by atoms with Gasteiger partial charge in [-0.25, -0.2) is 0 Å². The zero-order chi connectivity index (χ0) is 18.1. The maximum Gasteiger partial charge on any atom is 0.257 e. The SMILES string of the molecule is CC(C)CNC(=O)C1C(=O)Nc2ccccc2C(=O)N1C(C)(C)C. The summed E-state index contributed by atoms with van der Waals surface area (Å²) in [6.45, 7) is 9.83. The molecule has 1 aromatic carbocycles. The molecule has 0 saturated heterocycles. The third-order valence-electron chi connectivity index (χ3n) is 3.80. The number of benzene rings is 1. The van der Waals surface area contributed by atoms with Crippen LogP contribution < -0.4 is 10.6 Å². The second kappa shape index (κ2) is 6.63. The van der Waals surface area contributed by atoms with Crippen LogP contribution in [0.1, 0.15) is 45.0 Å². The highest BCUT2D eigenvalue weighted by Gasteiger charge is 2.44. The van der Waals surface area contributed by atoms with E-state index in [9.17, 15) is 14.4 Å². The van der Waals surface area contributed by atoms with Gasteiger partial charge in [0.2, 0.25) is 0 Å². The predicted octanol–water partition coefficient (Wildman–Crippen LogP) is 2.02. The number of amides is 3. The van der Waals surface area contributed by atoms with Gasteiger partial charge >= 0.3 is 0 Å². The summed E-state index contributed by atoms with van der Waals surface area (Å²) in [5.41, 5.74) is 0.131. The Morgan fingerprint density at radius 2 is 1.88 bits per heavy atom. The fraction of sp³-hybridized carbons (Fsp3) is 0.500. The summed E-state index contributed by atoms with van der Waals surface area (Å²) >= 11 is 0. The number of hydrogen-bond donors (Lipinski definition) is 2. The summed E-state index contributed by atoms with van der Waals surface area (Å²) in [6, 6.07) is 5.60. The zero-order valence-electron chi connectivity index (χ0n) is 14.8. The summed E-state index contributed by atoms with van der Waals surface area (Å²) in [4.78, 5) is 39.8. The van der Waals surface area contributed by atoms with Gasteiger partial charge in [-0.05, 0) is 38.8 Å².